The van der Waals surface area contributed by atoms with Gasteiger partial charge in [0, 0.05) is 0 Å². The number of aromatic nitrogens is 2. The second-order valence-corrected chi connectivity index (χ2v) is 4.82. The summed E-state index contributed by atoms with van der Waals surface area (Å²) in [6.45, 7) is 0.267. The molecule has 0 aliphatic carbocycles. The van der Waals surface area contributed by atoms with E-state index in [1.165, 1.54) is 6.07 Å². The Bertz CT molecular complexity index is 798. The van der Waals surface area contributed by atoms with E-state index in [0.29, 0.717) is 21.6 Å². The standard InChI is InChI=1S/C14H10ClF2N3/c15-9-2-1-3-12-13(9)20(14(18)19-12)7-8-4-5-10(16)11(17)6-8/h1-6H,7H2,(H2,18,19). The van der Waals surface area contributed by atoms with Gasteiger partial charge in [-0.25, -0.2) is 13.8 Å². The zero-order chi connectivity index (χ0) is 14.3. The van der Waals surface area contributed by atoms with Gasteiger partial charge in [-0.15, -0.1) is 0 Å². The first kappa shape index (κ1) is 12.9. The van der Waals surface area contributed by atoms with Gasteiger partial charge in [0.15, 0.2) is 11.6 Å². The molecule has 0 unspecified atom stereocenters. The van der Waals surface area contributed by atoms with Crippen molar-refractivity contribution in [2.24, 2.45) is 0 Å². The summed E-state index contributed by atoms with van der Waals surface area (Å²) in [7, 11) is 0. The smallest absolute Gasteiger partial charge is 0.201 e. The van der Waals surface area contributed by atoms with Crippen LogP contribution >= 0.6 is 11.6 Å². The number of hydrogen-bond acceptors (Lipinski definition) is 2. The normalized spacial score (nSPS) is 11.2. The van der Waals surface area contributed by atoms with Gasteiger partial charge in [0.25, 0.3) is 0 Å². The van der Waals surface area contributed by atoms with E-state index in [0.717, 1.165) is 12.1 Å². The van der Waals surface area contributed by atoms with Crippen LogP contribution in [-0.4, -0.2) is 9.55 Å². The zero-order valence-electron chi connectivity index (χ0n) is 10.3. The van der Waals surface area contributed by atoms with Crippen molar-refractivity contribution in [1.82, 2.24) is 9.55 Å². The van der Waals surface area contributed by atoms with E-state index in [2.05, 4.69) is 4.98 Å². The maximum atomic E-state index is 13.2. The lowest BCUT2D eigenvalue weighted by molar-refractivity contribution is 0.506. The highest BCUT2D eigenvalue weighted by Gasteiger charge is 2.12. The van der Waals surface area contributed by atoms with Crippen LogP contribution in [0.1, 0.15) is 5.56 Å². The monoisotopic (exact) mass is 293 g/mol. The molecule has 6 heteroatoms. The van der Waals surface area contributed by atoms with Crippen LogP contribution in [0.4, 0.5) is 14.7 Å². The van der Waals surface area contributed by atoms with Gasteiger partial charge < -0.3 is 10.3 Å². The molecule has 2 aromatic carbocycles. The minimum atomic E-state index is -0.892. The first-order valence-corrected chi connectivity index (χ1v) is 6.28. The molecule has 3 rings (SSSR count). The molecule has 3 nitrogen and oxygen atoms in total. The van der Waals surface area contributed by atoms with Crippen molar-refractivity contribution in [3.8, 4) is 0 Å². The second-order valence-electron chi connectivity index (χ2n) is 4.41. The molecular weight excluding hydrogens is 284 g/mol. The third-order valence-corrected chi connectivity index (χ3v) is 3.38. The Kier molecular flexibility index (Phi) is 3.06. The van der Waals surface area contributed by atoms with Crippen molar-refractivity contribution < 1.29 is 8.78 Å². The first-order valence-electron chi connectivity index (χ1n) is 5.90. The summed E-state index contributed by atoms with van der Waals surface area (Å²) >= 11 is 6.15. The summed E-state index contributed by atoms with van der Waals surface area (Å²) in [6, 6.07) is 9.02. The number of rotatable bonds is 2. The lowest BCUT2D eigenvalue weighted by atomic mass is 10.2. The van der Waals surface area contributed by atoms with Gasteiger partial charge >= 0.3 is 0 Å². The maximum Gasteiger partial charge on any atom is 0.201 e. The molecule has 0 bridgehead atoms. The van der Waals surface area contributed by atoms with E-state index in [4.69, 9.17) is 17.3 Å². The van der Waals surface area contributed by atoms with E-state index < -0.39 is 11.6 Å². The summed E-state index contributed by atoms with van der Waals surface area (Å²) in [6.07, 6.45) is 0. The molecule has 1 aromatic heterocycles. The number of nitrogens with zero attached hydrogens (tertiary/aromatic N) is 2. The predicted molar refractivity (Wildman–Crippen MR) is 74.6 cm³/mol. The van der Waals surface area contributed by atoms with Gasteiger partial charge in [0.05, 0.1) is 22.6 Å². The SMILES string of the molecule is Nc1nc2cccc(Cl)c2n1Cc1ccc(F)c(F)c1. The van der Waals surface area contributed by atoms with Crippen molar-refractivity contribution in [3.63, 3.8) is 0 Å². The molecule has 0 saturated heterocycles. The fraction of sp³-hybridized carbons (Fsp3) is 0.0714. The van der Waals surface area contributed by atoms with Crippen molar-refractivity contribution in [2.75, 3.05) is 5.73 Å². The van der Waals surface area contributed by atoms with Gasteiger partial charge in [-0.2, -0.15) is 0 Å². The Morgan fingerprint density at radius 2 is 1.95 bits per heavy atom. The molecular formula is C14H10ClF2N3. The average molecular weight is 294 g/mol. The first-order chi connectivity index (χ1) is 9.56. The van der Waals surface area contributed by atoms with Crippen molar-refractivity contribution >= 4 is 28.6 Å². The zero-order valence-corrected chi connectivity index (χ0v) is 11.0. The molecule has 0 fully saturated rings. The Balaban J connectivity index is 2.10. The van der Waals surface area contributed by atoms with Crippen molar-refractivity contribution in [3.05, 3.63) is 58.6 Å². The van der Waals surface area contributed by atoms with E-state index >= 15 is 0 Å². The van der Waals surface area contributed by atoms with Crippen LogP contribution in [0.5, 0.6) is 0 Å². The Labute approximate surface area is 118 Å². The van der Waals surface area contributed by atoms with Crippen LogP contribution in [0.3, 0.4) is 0 Å². The number of imidazole rings is 1. The topological polar surface area (TPSA) is 43.8 Å². The molecule has 0 atom stereocenters. The minimum Gasteiger partial charge on any atom is -0.369 e. The second kappa shape index (κ2) is 4.76. The van der Waals surface area contributed by atoms with E-state index in [-0.39, 0.29) is 12.5 Å². The highest BCUT2D eigenvalue weighted by Crippen LogP contribution is 2.26. The average Bonchev–Trinajstić information content (AvgIpc) is 2.72. The van der Waals surface area contributed by atoms with Crippen molar-refractivity contribution in [2.45, 2.75) is 6.54 Å². The number of nitrogens with two attached hydrogens (primary N) is 1. The van der Waals surface area contributed by atoms with E-state index in [9.17, 15) is 8.78 Å². The van der Waals surface area contributed by atoms with Crippen LogP contribution in [0, 0.1) is 11.6 Å². The van der Waals surface area contributed by atoms with Crippen LogP contribution < -0.4 is 5.73 Å². The number of halogens is 3. The third kappa shape index (κ3) is 2.10. The lowest BCUT2D eigenvalue weighted by Crippen LogP contribution is -2.05. The molecule has 2 N–H and O–H groups in total. The molecule has 0 aliphatic heterocycles. The number of hydrogen-bond donors (Lipinski definition) is 1. The molecule has 1 heterocycles. The Morgan fingerprint density at radius 1 is 1.15 bits per heavy atom. The number of nitrogen functional groups attached to an aromatic ring is 1. The van der Waals surface area contributed by atoms with Crippen LogP contribution in [0.25, 0.3) is 11.0 Å². The largest absolute Gasteiger partial charge is 0.369 e. The maximum absolute atomic E-state index is 13.2. The summed E-state index contributed by atoms with van der Waals surface area (Å²) in [5, 5.41) is 0.509. The Hall–Kier alpha value is -2.14. The highest BCUT2D eigenvalue weighted by molar-refractivity contribution is 6.35. The molecule has 0 aliphatic rings. The van der Waals surface area contributed by atoms with Crippen LogP contribution in [0.2, 0.25) is 5.02 Å². The fourth-order valence-corrected chi connectivity index (χ4v) is 2.41. The molecule has 0 saturated carbocycles. The van der Waals surface area contributed by atoms with Gasteiger partial charge in [-0.1, -0.05) is 23.7 Å². The number of benzene rings is 2. The summed E-state index contributed by atoms with van der Waals surface area (Å²) in [4.78, 5) is 4.20. The Morgan fingerprint density at radius 3 is 2.70 bits per heavy atom. The van der Waals surface area contributed by atoms with Crippen LogP contribution in [-0.2, 0) is 6.54 Å². The third-order valence-electron chi connectivity index (χ3n) is 3.07. The quantitative estimate of drug-likeness (QED) is 0.784. The van der Waals surface area contributed by atoms with Crippen molar-refractivity contribution in [1.29, 1.82) is 0 Å². The fourth-order valence-electron chi connectivity index (χ4n) is 2.14. The molecule has 20 heavy (non-hydrogen) atoms. The molecule has 0 spiro atoms. The minimum absolute atomic E-state index is 0.267. The molecule has 3 aromatic rings. The van der Waals surface area contributed by atoms with Gasteiger partial charge in [-0.05, 0) is 29.8 Å². The van der Waals surface area contributed by atoms with Crippen LogP contribution in [0.15, 0.2) is 36.4 Å². The number of anilines is 1. The lowest BCUT2D eigenvalue weighted by Gasteiger charge is -2.08. The van der Waals surface area contributed by atoms with Gasteiger partial charge in [-0.3, -0.25) is 0 Å². The number of fused-ring (bicyclic) bond motifs is 1. The molecule has 102 valence electrons. The molecule has 0 radical (unpaired) electrons. The number of para-hydroxylation sites is 1. The summed E-state index contributed by atoms with van der Waals surface area (Å²) < 4.78 is 27.8. The highest BCUT2D eigenvalue weighted by atomic mass is 35.5. The predicted octanol–water partition coefficient (Wildman–Crippen LogP) is 3.60. The van der Waals surface area contributed by atoms with Gasteiger partial charge in [0.1, 0.15) is 0 Å². The summed E-state index contributed by atoms with van der Waals surface area (Å²) in [5.41, 5.74) is 7.78. The van der Waals surface area contributed by atoms with Gasteiger partial charge in [0.2, 0.25) is 5.95 Å². The van der Waals surface area contributed by atoms with E-state index in [1.807, 2.05) is 0 Å². The van der Waals surface area contributed by atoms with E-state index in [1.54, 1.807) is 22.8 Å². The molecule has 0 amide bonds. The summed E-state index contributed by atoms with van der Waals surface area (Å²) in [5.74, 6) is -1.50.